The lowest BCUT2D eigenvalue weighted by molar-refractivity contribution is -0.274. The Bertz CT molecular complexity index is 892. The third-order valence-electron chi connectivity index (χ3n) is 4.65. The van der Waals surface area contributed by atoms with Crippen molar-refractivity contribution >= 4 is 17.6 Å². The van der Waals surface area contributed by atoms with Crippen LogP contribution in [0.5, 0.6) is 5.75 Å². The Morgan fingerprint density at radius 2 is 1.73 bits per heavy atom. The number of nitrogens with two attached hydrogens (primary N) is 1. The predicted molar refractivity (Wildman–Crippen MR) is 108 cm³/mol. The number of nitrogens with one attached hydrogen (secondary N) is 1. The Kier molecular flexibility index (Phi) is 6.81. The lowest BCUT2D eigenvalue weighted by Gasteiger charge is -2.26. The number of rotatable bonds is 5. The van der Waals surface area contributed by atoms with Crippen molar-refractivity contribution in [1.82, 2.24) is 4.90 Å². The minimum absolute atomic E-state index is 0.0206. The van der Waals surface area contributed by atoms with Crippen LogP contribution in [-0.4, -0.2) is 36.2 Å². The zero-order valence-electron chi connectivity index (χ0n) is 16.3. The molecule has 1 heterocycles. The van der Waals surface area contributed by atoms with E-state index in [-0.39, 0.29) is 24.1 Å². The van der Waals surface area contributed by atoms with Gasteiger partial charge in [-0.15, -0.1) is 13.2 Å². The number of nitrogens with zero attached hydrogens (tertiary/aromatic N) is 2. The van der Waals surface area contributed by atoms with Gasteiger partial charge in [0, 0.05) is 18.7 Å². The highest BCUT2D eigenvalue weighted by Gasteiger charge is 2.32. The molecule has 0 aliphatic carbocycles. The normalized spacial score (nSPS) is 15.0. The molecule has 30 heavy (non-hydrogen) atoms. The lowest BCUT2D eigenvalue weighted by atomic mass is 10.1. The number of carbonyl (C=O) groups is 1. The Morgan fingerprint density at radius 1 is 1.07 bits per heavy atom. The van der Waals surface area contributed by atoms with Crippen LogP contribution in [0.3, 0.4) is 0 Å². The molecule has 1 amide bonds. The number of hydrogen-bond donors (Lipinski definition) is 2. The zero-order valence-corrected chi connectivity index (χ0v) is 16.3. The number of aliphatic imine (C=N–C) groups is 1. The summed E-state index contributed by atoms with van der Waals surface area (Å²) in [5.41, 5.74) is 7.29. The molecule has 1 fully saturated rings. The molecule has 0 saturated carbocycles. The Morgan fingerprint density at radius 3 is 2.40 bits per heavy atom. The first-order chi connectivity index (χ1) is 14.3. The Balaban J connectivity index is 1.60. The van der Waals surface area contributed by atoms with Crippen LogP contribution >= 0.6 is 0 Å². The van der Waals surface area contributed by atoms with Gasteiger partial charge in [-0.25, -0.2) is 4.99 Å². The summed E-state index contributed by atoms with van der Waals surface area (Å²) in [4.78, 5) is 18.5. The quantitative estimate of drug-likeness (QED) is 0.563. The van der Waals surface area contributed by atoms with Crippen LogP contribution in [0.4, 0.5) is 18.9 Å². The fourth-order valence-corrected chi connectivity index (χ4v) is 3.17. The molecule has 0 aromatic heterocycles. The molecular formula is C21H23F3N4O2. The summed E-state index contributed by atoms with van der Waals surface area (Å²) in [6.45, 7) is 1.78. The standard InChI is InChI=1S/C21H23F3N4O2/c22-21(23,24)30-18-7-3-2-6-17(18)27-20(25)26-14-15-8-10-16(11-9-15)19(29)28-12-4-1-5-13-28/h2-3,6-11H,1,4-5,12-14H2,(H3,25,26,27). The SMILES string of the molecule is NC(=NCc1ccc(C(=O)N2CCCCC2)cc1)Nc1ccccc1OC(F)(F)F. The zero-order chi connectivity index (χ0) is 21.6. The van der Waals surface area contributed by atoms with E-state index in [1.165, 1.54) is 18.2 Å². The topological polar surface area (TPSA) is 80.0 Å². The second-order valence-electron chi connectivity index (χ2n) is 6.92. The maximum atomic E-state index is 12.5. The number of carbonyl (C=O) groups excluding carboxylic acids is 1. The number of para-hydroxylation sites is 2. The monoisotopic (exact) mass is 420 g/mol. The van der Waals surface area contributed by atoms with Crippen molar-refractivity contribution in [3.63, 3.8) is 0 Å². The average molecular weight is 420 g/mol. The summed E-state index contributed by atoms with van der Waals surface area (Å²) in [6, 6.07) is 12.6. The number of anilines is 1. The maximum Gasteiger partial charge on any atom is 0.573 e. The highest BCUT2D eigenvalue weighted by Crippen LogP contribution is 2.29. The molecule has 1 saturated heterocycles. The van der Waals surface area contributed by atoms with Crippen molar-refractivity contribution in [2.24, 2.45) is 10.7 Å². The first-order valence-corrected chi connectivity index (χ1v) is 9.62. The molecule has 1 aliphatic rings. The van der Waals surface area contributed by atoms with Crippen molar-refractivity contribution in [2.75, 3.05) is 18.4 Å². The number of likely N-dealkylation sites (tertiary alicyclic amines) is 1. The molecular weight excluding hydrogens is 397 g/mol. The molecule has 160 valence electrons. The van der Waals surface area contributed by atoms with E-state index in [9.17, 15) is 18.0 Å². The maximum absolute atomic E-state index is 12.5. The largest absolute Gasteiger partial charge is 0.573 e. The molecule has 0 radical (unpaired) electrons. The average Bonchev–Trinajstić information content (AvgIpc) is 2.73. The van der Waals surface area contributed by atoms with Crippen molar-refractivity contribution in [1.29, 1.82) is 0 Å². The van der Waals surface area contributed by atoms with Gasteiger partial charge in [-0.1, -0.05) is 24.3 Å². The second-order valence-corrected chi connectivity index (χ2v) is 6.92. The summed E-state index contributed by atoms with van der Waals surface area (Å²) in [5, 5.41) is 2.62. The summed E-state index contributed by atoms with van der Waals surface area (Å²) in [6.07, 6.45) is -1.59. The number of guanidine groups is 1. The van der Waals surface area contributed by atoms with Gasteiger partial charge in [-0.3, -0.25) is 4.79 Å². The van der Waals surface area contributed by atoms with Gasteiger partial charge in [-0.05, 0) is 49.1 Å². The van der Waals surface area contributed by atoms with Crippen molar-refractivity contribution in [3.8, 4) is 5.75 Å². The third kappa shape index (κ3) is 6.13. The number of alkyl halides is 3. The van der Waals surface area contributed by atoms with E-state index in [0.29, 0.717) is 5.56 Å². The first kappa shape index (κ1) is 21.5. The minimum Gasteiger partial charge on any atom is -0.404 e. The Hall–Kier alpha value is -3.23. The van der Waals surface area contributed by atoms with Crippen LogP contribution in [0.25, 0.3) is 0 Å². The van der Waals surface area contributed by atoms with E-state index in [2.05, 4.69) is 15.0 Å². The van der Waals surface area contributed by atoms with Crippen LogP contribution in [-0.2, 0) is 6.54 Å². The third-order valence-corrected chi connectivity index (χ3v) is 4.65. The van der Waals surface area contributed by atoms with Gasteiger partial charge in [-0.2, -0.15) is 0 Å². The first-order valence-electron chi connectivity index (χ1n) is 9.62. The minimum atomic E-state index is -4.81. The number of ether oxygens (including phenoxy) is 1. The molecule has 0 atom stereocenters. The van der Waals surface area contributed by atoms with Gasteiger partial charge in [0.1, 0.15) is 0 Å². The van der Waals surface area contributed by atoms with Gasteiger partial charge in [0.25, 0.3) is 5.91 Å². The molecule has 3 rings (SSSR count). The highest BCUT2D eigenvalue weighted by atomic mass is 19.4. The van der Waals surface area contributed by atoms with Gasteiger partial charge in [0.05, 0.1) is 12.2 Å². The van der Waals surface area contributed by atoms with Crippen molar-refractivity contribution < 1.29 is 22.7 Å². The number of benzene rings is 2. The predicted octanol–water partition coefficient (Wildman–Crippen LogP) is 4.14. The molecule has 1 aliphatic heterocycles. The van der Waals surface area contributed by atoms with Crippen LogP contribution < -0.4 is 15.8 Å². The van der Waals surface area contributed by atoms with E-state index < -0.39 is 12.1 Å². The summed E-state index contributed by atoms with van der Waals surface area (Å²) < 4.78 is 41.5. The van der Waals surface area contributed by atoms with Crippen LogP contribution in [0.2, 0.25) is 0 Å². The molecule has 0 spiro atoms. The van der Waals surface area contributed by atoms with Crippen LogP contribution in [0.15, 0.2) is 53.5 Å². The fourth-order valence-electron chi connectivity index (χ4n) is 3.17. The smallest absolute Gasteiger partial charge is 0.404 e. The molecule has 6 nitrogen and oxygen atoms in total. The molecule has 2 aromatic rings. The summed E-state index contributed by atoms with van der Waals surface area (Å²) in [5.74, 6) is -0.433. The van der Waals surface area contributed by atoms with E-state index >= 15 is 0 Å². The second kappa shape index (κ2) is 9.51. The number of piperidine rings is 1. The van der Waals surface area contributed by atoms with E-state index in [4.69, 9.17) is 5.73 Å². The number of hydrogen-bond acceptors (Lipinski definition) is 3. The van der Waals surface area contributed by atoms with Gasteiger partial charge in [0.2, 0.25) is 0 Å². The van der Waals surface area contributed by atoms with Crippen LogP contribution in [0.1, 0.15) is 35.2 Å². The van der Waals surface area contributed by atoms with E-state index in [1.807, 2.05) is 4.90 Å². The molecule has 0 unspecified atom stereocenters. The molecule has 0 bridgehead atoms. The molecule has 3 N–H and O–H groups in total. The van der Waals surface area contributed by atoms with Gasteiger partial charge < -0.3 is 20.7 Å². The highest BCUT2D eigenvalue weighted by molar-refractivity contribution is 5.94. The number of amides is 1. The van der Waals surface area contributed by atoms with Gasteiger partial charge >= 0.3 is 6.36 Å². The van der Waals surface area contributed by atoms with E-state index in [1.54, 1.807) is 30.3 Å². The van der Waals surface area contributed by atoms with Crippen molar-refractivity contribution in [3.05, 3.63) is 59.7 Å². The van der Waals surface area contributed by atoms with Crippen LogP contribution in [0, 0.1) is 0 Å². The summed E-state index contributed by atoms with van der Waals surface area (Å²) >= 11 is 0. The van der Waals surface area contributed by atoms with E-state index in [0.717, 1.165) is 37.9 Å². The fraction of sp³-hybridized carbons (Fsp3) is 0.333. The summed E-state index contributed by atoms with van der Waals surface area (Å²) in [7, 11) is 0. The van der Waals surface area contributed by atoms with Crippen molar-refractivity contribution in [2.45, 2.75) is 32.2 Å². The number of halogens is 3. The van der Waals surface area contributed by atoms with Gasteiger partial charge in [0.15, 0.2) is 11.7 Å². The lowest BCUT2D eigenvalue weighted by Crippen LogP contribution is -2.35. The molecule has 9 heteroatoms. The molecule has 2 aromatic carbocycles. The Labute approximate surface area is 172 Å².